The lowest BCUT2D eigenvalue weighted by molar-refractivity contribution is 0.386. The van der Waals surface area contributed by atoms with Crippen LogP contribution in [0.1, 0.15) is 5.56 Å². The van der Waals surface area contributed by atoms with E-state index in [9.17, 15) is 0 Å². The Morgan fingerprint density at radius 2 is 1.82 bits per heavy atom. The summed E-state index contributed by atoms with van der Waals surface area (Å²) in [6, 6.07) is 5.69. The molecule has 1 aromatic rings. The van der Waals surface area contributed by atoms with Crippen molar-refractivity contribution in [2.24, 2.45) is 5.73 Å². The lowest BCUT2D eigenvalue weighted by Crippen LogP contribution is -2.06. The van der Waals surface area contributed by atoms with E-state index in [1.807, 2.05) is 18.2 Å². The van der Waals surface area contributed by atoms with Gasteiger partial charge in [-0.3, -0.25) is 5.41 Å². The molecular weight excluding hydrogens is 260 g/mol. The minimum atomic E-state index is 0. The van der Waals surface area contributed by atoms with Crippen molar-refractivity contribution in [1.82, 2.24) is 0 Å². The van der Waals surface area contributed by atoms with Gasteiger partial charge in [-0.2, -0.15) is 0 Å². The average Bonchev–Trinajstić information content (AvgIpc) is 2.28. The highest BCUT2D eigenvalue weighted by Gasteiger charge is 2.09. The van der Waals surface area contributed by atoms with Gasteiger partial charge in [0.25, 0.3) is 0 Å². The van der Waals surface area contributed by atoms with Crippen LogP contribution in [0, 0.1) is 5.41 Å². The first-order chi connectivity index (χ1) is 7.69. The van der Waals surface area contributed by atoms with Gasteiger partial charge in [-0.25, -0.2) is 0 Å². The number of amidine groups is 1. The van der Waals surface area contributed by atoms with Crippen LogP contribution in [-0.2, 0) is 6.42 Å². The molecule has 0 aliphatic carbocycles. The van der Waals surface area contributed by atoms with Crippen LogP contribution in [0.25, 0.3) is 0 Å². The summed E-state index contributed by atoms with van der Waals surface area (Å²) in [4.78, 5) is 0. The molecule has 6 heteroatoms. The van der Waals surface area contributed by atoms with Gasteiger partial charge in [-0.05, 0) is 18.6 Å². The molecule has 96 valence electrons. The molecule has 0 unspecified atom stereocenters. The Morgan fingerprint density at radius 3 is 2.24 bits per heavy atom. The van der Waals surface area contributed by atoms with E-state index in [0.29, 0.717) is 0 Å². The quantitative estimate of drug-likeness (QED) is 0.640. The maximum Gasteiger partial charge on any atom is 0.151 e. The highest BCUT2D eigenvalue weighted by atomic mass is 35.5. The Labute approximate surface area is 112 Å². The van der Waals surface area contributed by atoms with Gasteiger partial charge in [0.2, 0.25) is 0 Å². The van der Waals surface area contributed by atoms with Crippen LogP contribution in [0.2, 0.25) is 0 Å². The second-order valence-electron chi connectivity index (χ2n) is 3.10. The van der Waals surface area contributed by atoms with Crippen molar-refractivity contribution in [2.45, 2.75) is 6.42 Å². The molecule has 1 rings (SSSR count). The number of hydrogen-bond acceptors (Lipinski definition) is 4. The van der Waals surface area contributed by atoms with Gasteiger partial charge in [-0.1, -0.05) is 17.8 Å². The zero-order valence-corrected chi connectivity index (χ0v) is 11.5. The lowest BCUT2D eigenvalue weighted by atomic mass is 10.1. The number of hydrogen-bond donors (Lipinski definition) is 2. The highest BCUT2D eigenvalue weighted by molar-refractivity contribution is 8.13. The van der Waals surface area contributed by atoms with Crippen molar-refractivity contribution in [3.63, 3.8) is 0 Å². The lowest BCUT2D eigenvalue weighted by Gasteiger charge is -2.12. The van der Waals surface area contributed by atoms with Gasteiger partial charge in [-0.15, -0.1) is 12.4 Å². The van der Waals surface area contributed by atoms with Crippen LogP contribution in [0.15, 0.2) is 18.2 Å². The molecule has 0 atom stereocenters. The van der Waals surface area contributed by atoms with E-state index in [4.69, 9.17) is 20.6 Å². The van der Waals surface area contributed by atoms with Crippen LogP contribution in [0.5, 0.6) is 11.5 Å². The largest absolute Gasteiger partial charge is 0.496 e. The molecule has 1 aromatic carbocycles. The monoisotopic (exact) mass is 276 g/mol. The van der Waals surface area contributed by atoms with E-state index in [1.54, 1.807) is 14.2 Å². The number of methoxy groups -OCH3 is 2. The van der Waals surface area contributed by atoms with Gasteiger partial charge in [0.15, 0.2) is 5.17 Å². The predicted molar refractivity (Wildman–Crippen MR) is 74.9 cm³/mol. The summed E-state index contributed by atoms with van der Waals surface area (Å²) in [5.74, 6) is 2.36. The number of nitrogens with two attached hydrogens (primary N) is 1. The molecule has 3 N–H and O–H groups in total. The molecule has 0 spiro atoms. The molecule has 0 bridgehead atoms. The SMILES string of the molecule is COc1cccc(OC)c1CCSC(=N)N.Cl. The Morgan fingerprint density at radius 1 is 1.29 bits per heavy atom. The molecule has 0 saturated carbocycles. The molecule has 0 aliphatic rings. The minimum absolute atomic E-state index is 0. The van der Waals surface area contributed by atoms with Gasteiger partial charge in [0, 0.05) is 11.3 Å². The van der Waals surface area contributed by atoms with Crippen molar-refractivity contribution in [3.8, 4) is 11.5 Å². The first-order valence-electron chi connectivity index (χ1n) is 4.85. The smallest absolute Gasteiger partial charge is 0.151 e. The van der Waals surface area contributed by atoms with Crippen LogP contribution >= 0.6 is 24.2 Å². The molecule has 17 heavy (non-hydrogen) atoms. The fraction of sp³-hybridized carbons (Fsp3) is 0.364. The zero-order chi connectivity index (χ0) is 12.0. The van der Waals surface area contributed by atoms with Crippen LogP contribution < -0.4 is 15.2 Å². The van der Waals surface area contributed by atoms with E-state index >= 15 is 0 Å². The third kappa shape index (κ3) is 4.75. The molecule has 0 radical (unpaired) electrons. The maximum absolute atomic E-state index is 7.14. The second kappa shape index (κ2) is 8.08. The van der Waals surface area contributed by atoms with Gasteiger partial charge < -0.3 is 15.2 Å². The van der Waals surface area contributed by atoms with Crippen molar-refractivity contribution in [2.75, 3.05) is 20.0 Å². The van der Waals surface area contributed by atoms with Crippen LogP contribution in [0.3, 0.4) is 0 Å². The van der Waals surface area contributed by atoms with Crippen molar-refractivity contribution in [3.05, 3.63) is 23.8 Å². The Hall–Kier alpha value is -1.07. The third-order valence-electron chi connectivity index (χ3n) is 2.14. The van der Waals surface area contributed by atoms with Crippen molar-refractivity contribution in [1.29, 1.82) is 5.41 Å². The summed E-state index contributed by atoms with van der Waals surface area (Å²) in [6.45, 7) is 0. The number of halogens is 1. The number of benzene rings is 1. The molecule has 0 aliphatic heterocycles. The summed E-state index contributed by atoms with van der Waals surface area (Å²) in [5.41, 5.74) is 6.30. The average molecular weight is 277 g/mol. The molecule has 0 aromatic heterocycles. The Bertz CT molecular complexity index is 352. The molecule has 0 fully saturated rings. The number of ether oxygens (including phenoxy) is 2. The molecular formula is C11H17ClN2O2S. The fourth-order valence-electron chi connectivity index (χ4n) is 1.44. The second-order valence-corrected chi connectivity index (χ2v) is 4.24. The van der Waals surface area contributed by atoms with Crippen molar-refractivity contribution < 1.29 is 9.47 Å². The summed E-state index contributed by atoms with van der Waals surface area (Å²) in [6.07, 6.45) is 0.761. The van der Waals surface area contributed by atoms with Gasteiger partial charge >= 0.3 is 0 Å². The van der Waals surface area contributed by atoms with Gasteiger partial charge in [0.05, 0.1) is 14.2 Å². The first-order valence-corrected chi connectivity index (χ1v) is 5.84. The zero-order valence-electron chi connectivity index (χ0n) is 9.86. The maximum atomic E-state index is 7.14. The first kappa shape index (κ1) is 15.9. The number of nitrogens with one attached hydrogen (secondary N) is 1. The topological polar surface area (TPSA) is 68.3 Å². The summed E-state index contributed by atoms with van der Waals surface area (Å²) < 4.78 is 10.5. The highest BCUT2D eigenvalue weighted by Crippen LogP contribution is 2.29. The Kier molecular flexibility index (Phi) is 7.58. The minimum Gasteiger partial charge on any atom is -0.496 e. The number of thioether (sulfide) groups is 1. The standard InChI is InChI=1S/C11H16N2O2S.ClH/c1-14-9-4-3-5-10(15-2)8(9)6-7-16-11(12)13;/h3-5H,6-7H2,1-2H3,(H3,12,13);1H. The fourth-order valence-corrected chi connectivity index (χ4v) is 1.96. The van der Waals surface area contributed by atoms with Crippen LogP contribution in [-0.4, -0.2) is 25.1 Å². The summed E-state index contributed by atoms with van der Waals surface area (Å²) >= 11 is 1.31. The van der Waals surface area contributed by atoms with Crippen LogP contribution in [0.4, 0.5) is 0 Å². The van der Waals surface area contributed by atoms with E-state index in [2.05, 4.69) is 0 Å². The molecule has 0 saturated heterocycles. The van der Waals surface area contributed by atoms with Crippen molar-refractivity contribution >= 4 is 29.3 Å². The number of rotatable bonds is 5. The molecule has 0 amide bonds. The third-order valence-corrected chi connectivity index (χ3v) is 2.86. The summed E-state index contributed by atoms with van der Waals surface area (Å²) in [7, 11) is 3.27. The summed E-state index contributed by atoms with van der Waals surface area (Å²) in [5, 5.41) is 7.27. The normalized spacial score (nSPS) is 9.29. The molecule has 4 nitrogen and oxygen atoms in total. The van der Waals surface area contributed by atoms with E-state index in [0.717, 1.165) is 29.2 Å². The van der Waals surface area contributed by atoms with E-state index in [-0.39, 0.29) is 17.6 Å². The van der Waals surface area contributed by atoms with Gasteiger partial charge in [0.1, 0.15) is 11.5 Å². The molecule has 0 heterocycles. The van der Waals surface area contributed by atoms with E-state index in [1.165, 1.54) is 11.8 Å². The Balaban J connectivity index is 0.00000256. The van der Waals surface area contributed by atoms with E-state index < -0.39 is 0 Å². The predicted octanol–water partition coefficient (Wildman–Crippen LogP) is 2.29.